The fraction of sp³-hybridized carbons (Fsp3) is 0.381. The second kappa shape index (κ2) is 9.71. The highest BCUT2D eigenvalue weighted by molar-refractivity contribution is 7.92. The number of para-hydroxylation sites is 1. The Kier molecular flexibility index (Phi) is 7.04. The minimum absolute atomic E-state index is 0.156. The molecule has 8 nitrogen and oxygen atoms in total. The van der Waals surface area contributed by atoms with E-state index in [1.54, 1.807) is 25.3 Å². The minimum atomic E-state index is -3.52. The number of carbonyl (C=O) groups is 1. The molecular formula is C21H26N2O6S. The van der Waals surface area contributed by atoms with Crippen molar-refractivity contribution >= 4 is 21.6 Å². The number of hydrogen-bond donors (Lipinski definition) is 1. The standard InChI is InChI=1S/C21H26N2O6S/c1-27-18-7-4-3-6-16(18)15-22-21(24)8-5-11-23(30(2,25)26)17-9-10-19-20(14-17)29-13-12-28-19/h3-4,6-7,9-10,14H,5,8,11-13,15H2,1-2H3,(H,22,24). The Morgan fingerprint density at radius 3 is 2.60 bits per heavy atom. The van der Waals surface area contributed by atoms with Gasteiger partial charge in [0, 0.05) is 31.1 Å². The summed E-state index contributed by atoms with van der Waals surface area (Å²) in [6.45, 7) is 1.41. The van der Waals surface area contributed by atoms with Crippen LogP contribution < -0.4 is 23.8 Å². The maximum Gasteiger partial charge on any atom is 0.232 e. The lowest BCUT2D eigenvalue weighted by Crippen LogP contribution is -2.32. The van der Waals surface area contributed by atoms with Crippen LogP contribution in [-0.2, 0) is 21.4 Å². The van der Waals surface area contributed by atoms with E-state index in [2.05, 4.69) is 5.32 Å². The number of sulfonamides is 1. The monoisotopic (exact) mass is 434 g/mol. The highest BCUT2D eigenvalue weighted by Crippen LogP contribution is 2.34. The van der Waals surface area contributed by atoms with Gasteiger partial charge in [-0.2, -0.15) is 0 Å². The summed E-state index contributed by atoms with van der Waals surface area (Å²) < 4.78 is 42.2. The fourth-order valence-electron chi connectivity index (χ4n) is 3.19. The van der Waals surface area contributed by atoms with E-state index in [1.165, 1.54) is 4.31 Å². The smallest absolute Gasteiger partial charge is 0.232 e. The largest absolute Gasteiger partial charge is 0.496 e. The molecule has 0 aliphatic carbocycles. The lowest BCUT2D eigenvalue weighted by atomic mass is 10.2. The number of rotatable bonds is 9. The first kappa shape index (κ1) is 21.8. The van der Waals surface area contributed by atoms with Gasteiger partial charge in [0.2, 0.25) is 15.9 Å². The van der Waals surface area contributed by atoms with E-state index in [9.17, 15) is 13.2 Å². The third kappa shape index (κ3) is 5.56. The van der Waals surface area contributed by atoms with Gasteiger partial charge < -0.3 is 19.5 Å². The van der Waals surface area contributed by atoms with Crippen molar-refractivity contribution in [1.82, 2.24) is 5.32 Å². The van der Waals surface area contributed by atoms with Crippen molar-refractivity contribution in [3.8, 4) is 17.2 Å². The normalized spacial score (nSPS) is 12.9. The number of nitrogens with one attached hydrogen (secondary N) is 1. The first-order chi connectivity index (χ1) is 14.4. The summed E-state index contributed by atoms with van der Waals surface area (Å²) in [5, 5.41) is 2.84. The van der Waals surface area contributed by atoms with Gasteiger partial charge in [-0.15, -0.1) is 0 Å². The summed E-state index contributed by atoms with van der Waals surface area (Å²) >= 11 is 0. The van der Waals surface area contributed by atoms with Gasteiger partial charge >= 0.3 is 0 Å². The molecule has 9 heteroatoms. The topological polar surface area (TPSA) is 94.2 Å². The number of carbonyl (C=O) groups excluding carboxylic acids is 1. The van der Waals surface area contributed by atoms with E-state index < -0.39 is 10.0 Å². The molecule has 3 rings (SSSR count). The zero-order valence-electron chi connectivity index (χ0n) is 17.1. The van der Waals surface area contributed by atoms with E-state index in [1.807, 2.05) is 24.3 Å². The first-order valence-corrected chi connectivity index (χ1v) is 11.5. The molecular weight excluding hydrogens is 408 g/mol. The van der Waals surface area contributed by atoms with Crippen LogP contribution in [0.2, 0.25) is 0 Å². The molecule has 30 heavy (non-hydrogen) atoms. The fourth-order valence-corrected chi connectivity index (χ4v) is 4.15. The molecule has 0 radical (unpaired) electrons. The Hall–Kier alpha value is -2.94. The molecule has 0 saturated heterocycles. The van der Waals surface area contributed by atoms with E-state index in [4.69, 9.17) is 14.2 Å². The molecule has 0 fully saturated rings. The third-order valence-electron chi connectivity index (χ3n) is 4.65. The van der Waals surface area contributed by atoms with Crippen LogP contribution in [0.15, 0.2) is 42.5 Å². The number of anilines is 1. The van der Waals surface area contributed by atoms with Gasteiger partial charge in [-0.1, -0.05) is 18.2 Å². The van der Waals surface area contributed by atoms with Crippen LogP contribution in [0.4, 0.5) is 5.69 Å². The maximum absolute atomic E-state index is 12.3. The molecule has 1 aliphatic rings. The van der Waals surface area contributed by atoms with Gasteiger partial charge in [0.05, 0.1) is 19.1 Å². The maximum atomic E-state index is 12.3. The average molecular weight is 435 g/mol. The van der Waals surface area contributed by atoms with Crippen LogP contribution in [0.1, 0.15) is 18.4 Å². The molecule has 1 N–H and O–H groups in total. The van der Waals surface area contributed by atoms with Gasteiger partial charge in [-0.3, -0.25) is 9.10 Å². The molecule has 0 unspecified atom stereocenters. The molecule has 0 saturated carbocycles. The number of methoxy groups -OCH3 is 1. The van der Waals surface area contributed by atoms with Crippen LogP contribution >= 0.6 is 0 Å². The summed E-state index contributed by atoms with van der Waals surface area (Å²) in [5.41, 5.74) is 1.36. The quantitative estimate of drug-likeness (QED) is 0.651. The number of nitrogens with zero attached hydrogens (tertiary/aromatic N) is 1. The molecule has 1 aliphatic heterocycles. The molecule has 0 atom stereocenters. The van der Waals surface area contributed by atoms with E-state index in [-0.39, 0.29) is 18.9 Å². The third-order valence-corrected chi connectivity index (χ3v) is 5.84. The Bertz CT molecular complexity index is 993. The highest BCUT2D eigenvalue weighted by Gasteiger charge is 2.21. The predicted molar refractivity (Wildman–Crippen MR) is 114 cm³/mol. The number of benzene rings is 2. The molecule has 2 aromatic rings. The summed E-state index contributed by atoms with van der Waals surface area (Å²) in [5.74, 6) is 1.66. The molecule has 1 amide bonds. The molecule has 2 aromatic carbocycles. The van der Waals surface area contributed by atoms with Gasteiger partial charge in [0.1, 0.15) is 19.0 Å². The Morgan fingerprint density at radius 2 is 1.87 bits per heavy atom. The second-order valence-electron chi connectivity index (χ2n) is 6.86. The van der Waals surface area contributed by atoms with E-state index in [0.29, 0.717) is 49.1 Å². The van der Waals surface area contributed by atoms with Gasteiger partial charge in [0.15, 0.2) is 11.5 Å². The van der Waals surface area contributed by atoms with Crippen molar-refractivity contribution in [2.45, 2.75) is 19.4 Å². The lowest BCUT2D eigenvalue weighted by molar-refractivity contribution is -0.121. The molecule has 0 bridgehead atoms. The van der Waals surface area contributed by atoms with Gasteiger partial charge in [0.25, 0.3) is 0 Å². The van der Waals surface area contributed by atoms with Crippen molar-refractivity contribution in [2.75, 3.05) is 37.4 Å². The average Bonchev–Trinajstić information content (AvgIpc) is 2.74. The van der Waals surface area contributed by atoms with Gasteiger partial charge in [-0.05, 0) is 24.6 Å². The first-order valence-electron chi connectivity index (χ1n) is 9.64. The lowest BCUT2D eigenvalue weighted by Gasteiger charge is -2.25. The van der Waals surface area contributed by atoms with Crippen LogP contribution in [0.3, 0.4) is 0 Å². The molecule has 1 heterocycles. The van der Waals surface area contributed by atoms with Crippen molar-refractivity contribution in [1.29, 1.82) is 0 Å². The molecule has 0 aromatic heterocycles. The predicted octanol–water partition coefficient (Wildman–Crippen LogP) is 2.33. The SMILES string of the molecule is COc1ccccc1CNC(=O)CCCN(c1ccc2c(c1)OCCO2)S(C)(=O)=O. The number of hydrogen-bond acceptors (Lipinski definition) is 6. The number of amides is 1. The van der Waals surface area contributed by atoms with Crippen molar-refractivity contribution in [3.05, 3.63) is 48.0 Å². The Labute approximate surface area is 176 Å². The van der Waals surface area contributed by atoms with Crippen molar-refractivity contribution in [2.24, 2.45) is 0 Å². The summed E-state index contributed by atoms with van der Waals surface area (Å²) in [6.07, 6.45) is 1.72. The van der Waals surface area contributed by atoms with Crippen LogP contribution in [0.5, 0.6) is 17.2 Å². The van der Waals surface area contributed by atoms with E-state index in [0.717, 1.165) is 11.8 Å². The van der Waals surface area contributed by atoms with E-state index >= 15 is 0 Å². The molecule has 162 valence electrons. The number of ether oxygens (including phenoxy) is 3. The summed E-state index contributed by atoms with van der Waals surface area (Å²) in [7, 11) is -1.94. The van der Waals surface area contributed by atoms with Gasteiger partial charge in [-0.25, -0.2) is 8.42 Å². The second-order valence-corrected chi connectivity index (χ2v) is 8.76. The van der Waals surface area contributed by atoms with Crippen LogP contribution in [-0.4, -0.2) is 47.4 Å². The zero-order valence-corrected chi connectivity index (χ0v) is 17.9. The summed E-state index contributed by atoms with van der Waals surface area (Å²) in [6, 6.07) is 12.5. The molecule has 0 spiro atoms. The highest BCUT2D eigenvalue weighted by atomic mass is 32.2. The Balaban J connectivity index is 1.57. The number of fused-ring (bicyclic) bond motifs is 1. The van der Waals surface area contributed by atoms with Crippen molar-refractivity contribution in [3.63, 3.8) is 0 Å². The minimum Gasteiger partial charge on any atom is -0.496 e. The van der Waals surface area contributed by atoms with Crippen LogP contribution in [0, 0.1) is 0 Å². The summed E-state index contributed by atoms with van der Waals surface area (Å²) in [4.78, 5) is 12.2. The van der Waals surface area contributed by atoms with Crippen molar-refractivity contribution < 1.29 is 27.4 Å². The zero-order chi connectivity index (χ0) is 21.6. The van der Waals surface area contributed by atoms with Crippen LogP contribution in [0.25, 0.3) is 0 Å². The Morgan fingerprint density at radius 1 is 1.13 bits per heavy atom.